The Morgan fingerprint density at radius 2 is 2.22 bits per heavy atom. The Balaban J connectivity index is 1.67. The normalized spacial score (nSPS) is 16.1. The summed E-state index contributed by atoms with van der Waals surface area (Å²) in [6.07, 6.45) is 3.15. The van der Waals surface area contributed by atoms with Crippen LogP contribution < -0.4 is 10.0 Å². The molecule has 1 fully saturated rings. The molecule has 0 atom stereocenters. The number of rotatable bonds is 8. The molecule has 0 bridgehead atoms. The molecule has 1 aromatic heterocycles. The molecule has 2 rings (SSSR count). The maximum absolute atomic E-state index is 11.8. The average molecular weight is 288 g/mol. The van der Waals surface area contributed by atoms with Gasteiger partial charge in [0.25, 0.3) is 0 Å². The molecule has 0 unspecified atom stereocenters. The number of hydrogen-bond acceptors (Lipinski definition) is 4. The van der Waals surface area contributed by atoms with E-state index in [1.807, 2.05) is 18.4 Å². The third kappa shape index (κ3) is 4.68. The molecule has 1 aromatic rings. The molecule has 1 heterocycles. The third-order valence-electron chi connectivity index (χ3n) is 3.02. The van der Waals surface area contributed by atoms with E-state index in [9.17, 15) is 8.42 Å². The second-order valence-electron chi connectivity index (χ2n) is 4.75. The average Bonchev–Trinajstić information content (AvgIpc) is 3.05. The van der Waals surface area contributed by atoms with Crippen molar-refractivity contribution in [3.05, 3.63) is 21.9 Å². The summed E-state index contributed by atoms with van der Waals surface area (Å²) in [5.41, 5.74) is 1.15. The highest BCUT2D eigenvalue weighted by Gasteiger charge is 2.20. The van der Waals surface area contributed by atoms with Crippen LogP contribution in [0.3, 0.4) is 0 Å². The summed E-state index contributed by atoms with van der Waals surface area (Å²) < 4.78 is 26.2. The first kappa shape index (κ1) is 14.0. The zero-order valence-electron chi connectivity index (χ0n) is 10.6. The lowest BCUT2D eigenvalue weighted by Crippen LogP contribution is -2.28. The van der Waals surface area contributed by atoms with Crippen molar-refractivity contribution in [2.75, 3.05) is 12.3 Å². The Morgan fingerprint density at radius 3 is 2.83 bits per heavy atom. The Kier molecular flexibility index (Phi) is 4.77. The standard InChI is InChI=1S/C12H20N2O2S2/c1-10-5-7-17-12(10)9-14-18(15,16)8-2-6-13-11-3-4-11/h5,7,11,13-14H,2-4,6,8-9H2,1H3. The maximum Gasteiger partial charge on any atom is 0.211 e. The molecule has 0 saturated heterocycles. The number of aryl methyl sites for hydroxylation is 1. The molecule has 0 amide bonds. The van der Waals surface area contributed by atoms with E-state index >= 15 is 0 Å². The van der Waals surface area contributed by atoms with Crippen molar-refractivity contribution in [2.45, 2.75) is 38.8 Å². The van der Waals surface area contributed by atoms with E-state index in [1.54, 1.807) is 11.3 Å². The Hall–Kier alpha value is -0.430. The molecule has 1 aliphatic carbocycles. The van der Waals surface area contributed by atoms with Crippen LogP contribution >= 0.6 is 11.3 Å². The van der Waals surface area contributed by atoms with Gasteiger partial charge in [0.1, 0.15) is 0 Å². The fourth-order valence-corrected chi connectivity index (χ4v) is 3.66. The first-order valence-electron chi connectivity index (χ1n) is 6.30. The molecule has 0 aliphatic heterocycles. The van der Waals surface area contributed by atoms with Crippen LogP contribution in [0.1, 0.15) is 29.7 Å². The topological polar surface area (TPSA) is 58.2 Å². The highest BCUT2D eigenvalue weighted by Crippen LogP contribution is 2.18. The van der Waals surface area contributed by atoms with Gasteiger partial charge in [-0.1, -0.05) is 0 Å². The van der Waals surface area contributed by atoms with E-state index in [0.29, 0.717) is 19.0 Å². The molecular formula is C12H20N2O2S2. The van der Waals surface area contributed by atoms with Gasteiger partial charge >= 0.3 is 0 Å². The lowest BCUT2D eigenvalue weighted by Gasteiger charge is -2.07. The first-order valence-corrected chi connectivity index (χ1v) is 8.84. The second kappa shape index (κ2) is 6.14. The monoisotopic (exact) mass is 288 g/mol. The molecule has 18 heavy (non-hydrogen) atoms. The summed E-state index contributed by atoms with van der Waals surface area (Å²) in [4.78, 5) is 1.09. The Labute approximate surface area is 113 Å². The number of hydrogen-bond donors (Lipinski definition) is 2. The zero-order valence-corrected chi connectivity index (χ0v) is 12.2. The van der Waals surface area contributed by atoms with Gasteiger partial charge in [-0.05, 0) is 49.7 Å². The summed E-state index contributed by atoms with van der Waals surface area (Å²) in [5, 5.41) is 5.30. The van der Waals surface area contributed by atoms with Crippen LogP contribution in [0.25, 0.3) is 0 Å². The lowest BCUT2D eigenvalue weighted by molar-refractivity contribution is 0.574. The minimum atomic E-state index is -3.14. The fraction of sp³-hybridized carbons (Fsp3) is 0.667. The third-order valence-corrected chi connectivity index (χ3v) is 5.45. The Bertz CT molecular complexity index is 478. The van der Waals surface area contributed by atoms with E-state index in [4.69, 9.17) is 0 Å². The number of thiophene rings is 1. The van der Waals surface area contributed by atoms with Crippen LogP contribution in [-0.4, -0.2) is 26.8 Å². The van der Waals surface area contributed by atoms with E-state index in [0.717, 1.165) is 17.0 Å². The minimum Gasteiger partial charge on any atom is -0.314 e. The first-order chi connectivity index (χ1) is 8.57. The van der Waals surface area contributed by atoms with Crippen molar-refractivity contribution >= 4 is 21.4 Å². The van der Waals surface area contributed by atoms with Gasteiger partial charge in [-0.2, -0.15) is 0 Å². The van der Waals surface area contributed by atoms with Gasteiger partial charge in [0.2, 0.25) is 10.0 Å². The SMILES string of the molecule is Cc1ccsc1CNS(=O)(=O)CCCNC1CC1. The summed E-state index contributed by atoms with van der Waals surface area (Å²) in [5.74, 6) is 0.205. The summed E-state index contributed by atoms with van der Waals surface area (Å²) >= 11 is 1.59. The quantitative estimate of drug-likeness (QED) is 0.715. The van der Waals surface area contributed by atoms with Gasteiger partial charge in [0.05, 0.1) is 5.75 Å². The minimum absolute atomic E-state index is 0.205. The molecule has 1 aliphatic rings. The molecule has 2 N–H and O–H groups in total. The van der Waals surface area contributed by atoms with Crippen molar-refractivity contribution in [3.63, 3.8) is 0 Å². The van der Waals surface area contributed by atoms with Crippen molar-refractivity contribution < 1.29 is 8.42 Å². The van der Waals surface area contributed by atoms with Crippen LogP contribution in [0.5, 0.6) is 0 Å². The van der Waals surface area contributed by atoms with Gasteiger partial charge in [-0.3, -0.25) is 0 Å². The van der Waals surface area contributed by atoms with Crippen molar-refractivity contribution in [3.8, 4) is 0 Å². The van der Waals surface area contributed by atoms with E-state index in [2.05, 4.69) is 10.0 Å². The highest BCUT2D eigenvalue weighted by atomic mass is 32.2. The van der Waals surface area contributed by atoms with Gasteiger partial charge in [-0.15, -0.1) is 11.3 Å². The van der Waals surface area contributed by atoms with Crippen LogP contribution in [0.15, 0.2) is 11.4 Å². The molecule has 0 radical (unpaired) electrons. The van der Waals surface area contributed by atoms with Crippen molar-refractivity contribution in [1.29, 1.82) is 0 Å². The van der Waals surface area contributed by atoms with Crippen molar-refractivity contribution in [1.82, 2.24) is 10.0 Å². The van der Waals surface area contributed by atoms with Gasteiger partial charge in [-0.25, -0.2) is 13.1 Å². The Morgan fingerprint density at radius 1 is 1.44 bits per heavy atom. The maximum atomic E-state index is 11.8. The van der Waals surface area contributed by atoms with E-state index in [1.165, 1.54) is 12.8 Å². The van der Waals surface area contributed by atoms with Crippen LogP contribution in [0, 0.1) is 6.92 Å². The highest BCUT2D eigenvalue weighted by molar-refractivity contribution is 7.89. The molecule has 0 spiro atoms. The fourth-order valence-electron chi connectivity index (χ4n) is 1.69. The van der Waals surface area contributed by atoms with Crippen LogP contribution in [0.4, 0.5) is 0 Å². The largest absolute Gasteiger partial charge is 0.314 e. The number of sulfonamides is 1. The summed E-state index contributed by atoms with van der Waals surface area (Å²) in [6, 6.07) is 2.66. The second-order valence-corrected chi connectivity index (χ2v) is 7.68. The van der Waals surface area contributed by atoms with Crippen molar-refractivity contribution in [2.24, 2.45) is 0 Å². The van der Waals surface area contributed by atoms with Gasteiger partial charge in [0.15, 0.2) is 0 Å². The summed E-state index contributed by atoms with van der Waals surface area (Å²) in [6.45, 7) is 3.21. The molecule has 0 aromatic carbocycles. The molecule has 4 nitrogen and oxygen atoms in total. The summed E-state index contributed by atoms with van der Waals surface area (Å²) in [7, 11) is -3.14. The zero-order chi connectivity index (χ0) is 13.0. The van der Waals surface area contributed by atoms with E-state index in [-0.39, 0.29) is 5.75 Å². The molecule has 1 saturated carbocycles. The smallest absolute Gasteiger partial charge is 0.211 e. The predicted molar refractivity (Wildman–Crippen MR) is 75.3 cm³/mol. The van der Waals surface area contributed by atoms with Crippen LogP contribution in [0.2, 0.25) is 0 Å². The predicted octanol–water partition coefficient (Wildman–Crippen LogP) is 1.62. The van der Waals surface area contributed by atoms with E-state index < -0.39 is 10.0 Å². The number of nitrogens with one attached hydrogen (secondary N) is 2. The molecule has 102 valence electrons. The molecular weight excluding hydrogens is 268 g/mol. The van der Waals surface area contributed by atoms with Gasteiger partial charge < -0.3 is 5.32 Å². The van der Waals surface area contributed by atoms with Gasteiger partial charge in [0, 0.05) is 17.5 Å². The molecule has 6 heteroatoms. The van der Waals surface area contributed by atoms with Crippen LogP contribution in [-0.2, 0) is 16.6 Å². The lowest BCUT2D eigenvalue weighted by atomic mass is 10.3.